The third-order valence-corrected chi connectivity index (χ3v) is 4.73. The van der Waals surface area contributed by atoms with Gasteiger partial charge in [-0.2, -0.15) is 9.36 Å². The summed E-state index contributed by atoms with van der Waals surface area (Å²) in [7, 11) is 0. The molecular formula is C18H24N4O2S. The molecule has 134 valence electrons. The van der Waals surface area contributed by atoms with E-state index in [9.17, 15) is 4.79 Å². The lowest BCUT2D eigenvalue weighted by Gasteiger charge is -2.39. The fourth-order valence-electron chi connectivity index (χ4n) is 2.77. The summed E-state index contributed by atoms with van der Waals surface area (Å²) in [6.07, 6.45) is -0.249. The zero-order chi connectivity index (χ0) is 18.0. The van der Waals surface area contributed by atoms with Crippen molar-refractivity contribution in [1.82, 2.24) is 14.3 Å². The van der Waals surface area contributed by atoms with Crippen LogP contribution >= 0.6 is 11.5 Å². The molecule has 0 saturated carbocycles. The predicted molar refractivity (Wildman–Crippen MR) is 100.0 cm³/mol. The Balaban J connectivity index is 1.66. The Morgan fingerprint density at radius 1 is 1.24 bits per heavy atom. The molecule has 3 rings (SSSR count). The predicted octanol–water partition coefficient (Wildman–Crippen LogP) is 3.65. The van der Waals surface area contributed by atoms with Crippen LogP contribution in [0.1, 0.15) is 27.7 Å². The summed E-state index contributed by atoms with van der Waals surface area (Å²) in [6.45, 7) is 9.73. The average molecular weight is 360 g/mol. The van der Waals surface area contributed by atoms with Crippen molar-refractivity contribution in [2.75, 3.05) is 24.5 Å². The van der Waals surface area contributed by atoms with Gasteiger partial charge in [0.15, 0.2) is 5.82 Å². The number of carbonyl (C=O) groups excluding carboxylic acids is 1. The highest BCUT2D eigenvalue weighted by Gasteiger charge is 2.31. The number of rotatable bonds is 2. The van der Waals surface area contributed by atoms with Gasteiger partial charge in [0.05, 0.1) is 0 Å². The molecule has 2 heterocycles. The van der Waals surface area contributed by atoms with Gasteiger partial charge in [-0.25, -0.2) is 4.79 Å². The monoisotopic (exact) mass is 360 g/mol. The van der Waals surface area contributed by atoms with Crippen LogP contribution in [0.25, 0.3) is 11.4 Å². The third-order valence-electron chi connectivity index (χ3n) is 3.97. The minimum absolute atomic E-state index is 0.165. The molecule has 0 spiro atoms. The Labute approximate surface area is 152 Å². The number of hydrogen-bond acceptors (Lipinski definition) is 6. The summed E-state index contributed by atoms with van der Waals surface area (Å²) in [5, 5.41) is 0.898. The van der Waals surface area contributed by atoms with Crippen LogP contribution in [0, 0.1) is 0 Å². The van der Waals surface area contributed by atoms with Gasteiger partial charge in [-0.05, 0) is 27.7 Å². The molecule has 1 aliphatic rings. The Kier molecular flexibility index (Phi) is 4.94. The largest absolute Gasteiger partial charge is 0.444 e. The van der Waals surface area contributed by atoms with Crippen LogP contribution in [-0.4, -0.2) is 51.6 Å². The van der Waals surface area contributed by atoms with Crippen LogP contribution < -0.4 is 4.90 Å². The molecule has 0 N–H and O–H groups in total. The summed E-state index contributed by atoms with van der Waals surface area (Å²) in [5.74, 6) is 0.752. The molecule has 1 aliphatic heterocycles. The van der Waals surface area contributed by atoms with Gasteiger partial charge in [-0.15, -0.1) is 0 Å². The molecular weight excluding hydrogens is 336 g/mol. The summed E-state index contributed by atoms with van der Waals surface area (Å²) < 4.78 is 9.95. The number of amides is 1. The molecule has 1 saturated heterocycles. The van der Waals surface area contributed by atoms with Gasteiger partial charge < -0.3 is 14.5 Å². The molecule has 0 bridgehead atoms. The first-order valence-corrected chi connectivity index (χ1v) is 9.24. The van der Waals surface area contributed by atoms with E-state index in [0.29, 0.717) is 13.1 Å². The standard InChI is InChI=1S/C18H24N4O2S/c1-13-12-21(17(23)24-18(2,3)4)10-11-22(13)16-19-15(20-25-16)14-8-6-5-7-9-14/h5-9,13H,10-12H2,1-4H3. The number of nitrogens with zero attached hydrogens (tertiary/aromatic N) is 4. The molecule has 1 fully saturated rings. The van der Waals surface area contributed by atoms with E-state index in [1.807, 2.05) is 51.1 Å². The molecule has 2 aromatic rings. The molecule has 1 aromatic carbocycles. The molecule has 0 aliphatic carbocycles. The maximum atomic E-state index is 12.3. The lowest BCUT2D eigenvalue weighted by Crippen LogP contribution is -2.54. The molecule has 1 aromatic heterocycles. The lowest BCUT2D eigenvalue weighted by molar-refractivity contribution is 0.0219. The Morgan fingerprint density at radius 2 is 1.96 bits per heavy atom. The number of piperazine rings is 1. The van der Waals surface area contributed by atoms with Crippen molar-refractivity contribution >= 4 is 22.8 Å². The first kappa shape index (κ1) is 17.7. The fraction of sp³-hybridized carbons (Fsp3) is 0.500. The number of hydrogen-bond donors (Lipinski definition) is 0. The van der Waals surface area contributed by atoms with E-state index in [1.54, 1.807) is 4.90 Å². The summed E-state index contributed by atoms with van der Waals surface area (Å²) in [5.41, 5.74) is 0.548. The maximum absolute atomic E-state index is 12.3. The number of anilines is 1. The summed E-state index contributed by atoms with van der Waals surface area (Å²) in [4.78, 5) is 20.9. The number of benzene rings is 1. The van der Waals surface area contributed by atoms with Crippen LogP contribution in [0.15, 0.2) is 30.3 Å². The van der Waals surface area contributed by atoms with Gasteiger partial charge in [-0.3, -0.25) is 0 Å². The van der Waals surface area contributed by atoms with E-state index >= 15 is 0 Å². The van der Waals surface area contributed by atoms with Crippen molar-refractivity contribution < 1.29 is 9.53 Å². The minimum atomic E-state index is -0.471. The SMILES string of the molecule is CC1CN(C(=O)OC(C)(C)C)CCN1c1nc(-c2ccccc2)ns1. The highest BCUT2D eigenvalue weighted by molar-refractivity contribution is 7.09. The molecule has 6 nitrogen and oxygen atoms in total. The van der Waals surface area contributed by atoms with Crippen molar-refractivity contribution in [2.24, 2.45) is 0 Å². The highest BCUT2D eigenvalue weighted by atomic mass is 32.1. The second kappa shape index (κ2) is 7.00. The van der Waals surface area contributed by atoms with Crippen LogP contribution in [0.2, 0.25) is 0 Å². The summed E-state index contributed by atoms with van der Waals surface area (Å²) in [6, 6.07) is 10.1. The van der Waals surface area contributed by atoms with E-state index < -0.39 is 5.60 Å². The van der Waals surface area contributed by atoms with Crippen molar-refractivity contribution in [1.29, 1.82) is 0 Å². The second-order valence-corrected chi connectivity index (χ2v) is 7.97. The van der Waals surface area contributed by atoms with Gasteiger partial charge in [-0.1, -0.05) is 30.3 Å². The van der Waals surface area contributed by atoms with E-state index in [2.05, 4.69) is 21.2 Å². The lowest BCUT2D eigenvalue weighted by atomic mass is 10.2. The van der Waals surface area contributed by atoms with Gasteiger partial charge >= 0.3 is 6.09 Å². The van der Waals surface area contributed by atoms with Crippen molar-refractivity contribution in [3.05, 3.63) is 30.3 Å². The Bertz CT molecular complexity index is 726. The molecule has 1 amide bonds. The van der Waals surface area contributed by atoms with Crippen LogP contribution in [0.4, 0.5) is 9.93 Å². The number of carbonyl (C=O) groups is 1. The van der Waals surface area contributed by atoms with Gasteiger partial charge in [0.2, 0.25) is 5.13 Å². The zero-order valence-corrected chi connectivity index (χ0v) is 15.9. The molecule has 0 radical (unpaired) electrons. The second-order valence-electron chi connectivity index (χ2n) is 7.24. The Morgan fingerprint density at radius 3 is 2.60 bits per heavy atom. The number of aromatic nitrogens is 2. The van der Waals surface area contributed by atoms with E-state index in [0.717, 1.165) is 23.1 Å². The van der Waals surface area contributed by atoms with E-state index in [1.165, 1.54) is 11.5 Å². The van der Waals surface area contributed by atoms with Crippen LogP contribution in [0.5, 0.6) is 0 Å². The van der Waals surface area contributed by atoms with E-state index in [4.69, 9.17) is 4.74 Å². The van der Waals surface area contributed by atoms with E-state index in [-0.39, 0.29) is 12.1 Å². The highest BCUT2D eigenvalue weighted by Crippen LogP contribution is 2.27. The average Bonchev–Trinajstić information content (AvgIpc) is 3.03. The normalized spacial score (nSPS) is 18.3. The molecule has 1 atom stereocenters. The topological polar surface area (TPSA) is 58.6 Å². The molecule has 1 unspecified atom stereocenters. The van der Waals surface area contributed by atoms with Gasteiger partial charge in [0.1, 0.15) is 5.60 Å². The van der Waals surface area contributed by atoms with Crippen molar-refractivity contribution in [3.8, 4) is 11.4 Å². The minimum Gasteiger partial charge on any atom is -0.444 e. The number of ether oxygens (including phenoxy) is 1. The molecule has 25 heavy (non-hydrogen) atoms. The van der Waals surface area contributed by atoms with Crippen molar-refractivity contribution in [3.63, 3.8) is 0 Å². The van der Waals surface area contributed by atoms with Gasteiger partial charge in [0, 0.05) is 42.8 Å². The molecule has 7 heteroatoms. The first-order chi connectivity index (χ1) is 11.8. The quantitative estimate of drug-likeness (QED) is 0.818. The summed E-state index contributed by atoms with van der Waals surface area (Å²) >= 11 is 1.40. The smallest absolute Gasteiger partial charge is 0.410 e. The van der Waals surface area contributed by atoms with Crippen LogP contribution in [-0.2, 0) is 4.74 Å². The van der Waals surface area contributed by atoms with Crippen molar-refractivity contribution in [2.45, 2.75) is 39.3 Å². The van der Waals surface area contributed by atoms with Gasteiger partial charge in [0.25, 0.3) is 0 Å². The maximum Gasteiger partial charge on any atom is 0.410 e. The first-order valence-electron chi connectivity index (χ1n) is 8.47. The van der Waals surface area contributed by atoms with Crippen LogP contribution in [0.3, 0.4) is 0 Å². The Hall–Kier alpha value is -2.15. The zero-order valence-electron chi connectivity index (χ0n) is 15.1. The fourth-order valence-corrected chi connectivity index (χ4v) is 3.59. The third kappa shape index (κ3) is 4.28.